The van der Waals surface area contributed by atoms with Crippen molar-refractivity contribution in [1.82, 2.24) is 10.3 Å². The number of hydrogen-bond acceptors (Lipinski definition) is 5. The van der Waals surface area contributed by atoms with Gasteiger partial charge < -0.3 is 15.5 Å². The number of Topliss-reactive ketones (excluding diaryl/α,β-unsaturated/α-hetero) is 1. The highest BCUT2D eigenvalue weighted by atomic mass is 16.4. The maximum Gasteiger partial charge on any atom is 0.266 e. The lowest BCUT2D eigenvalue weighted by Gasteiger charge is -2.25. The van der Waals surface area contributed by atoms with Gasteiger partial charge in [0, 0.05) is 0 Å². The number of para-hydroxylation sites is 2. The molecule has 6 heteroatoms. The van der Waals surface area contributed by atoms with Crippen molar-refractivity contribution in [3.8, 4) is 0 Å². The zero-order chi connectivity index (χ0) is 22.3. The largest absolute Gasteiger partial charge is 0.434 e. The summed E-state index contributed by atoms with van der Waals surface area (Å²) < 4.78 is 5.68. The minimum Gasteiger partial charge on any atom is -0.434 e. The van der Waals surface area contributed by atoms with Crippen LogP contribution in [-0.4, -0.2) is 28.8 Å². The first-order valence-electron chi connectivity index (χ1n) is 11.6. The molecule has 1 amide bonds. The third-order valence-corrected chi connectivity index (χ3v) is 6.35. The van der Waals surface area contributed by atoms with Gasteiger partial charge in [0.05, 0.1) is 12.1 Å². The SMILES string of the molecule is NC(CC1CCCCC1)C(=O)NC(CCc1ccccc1)C(=O)c1nc2ccccc2o1. The number of nitrogens with two attached hydrogens (primary N) is 1. The second kappa shape index (κ2) is 10.6. The van der Waals surface area contributed by atoms with Crippen LogP contribution in [0.4, 0.5) is 0 Å². The number of ketones is 1. The second-order valence-corrected chi connectivity index (χ2v) is 8.78. The monoisotopic (exact) mass is 433 g/mol. The molecule has 32 heavy (non-hydrogen) atoms. The quantitative estimate of drug-likeness (QED) is 0.487. The van der Waals surface area contributed by atoms with E-state index in [2.05, 4.69) is 10.3 Å². The Morgan fingerprint density at radius 3 is 2.50 bits per heavy atom. The van der Waals surface area contributed by atoms with Crippen LogP contribution in [0.25, 0.3) is 11.1 Å². The fraction of sp³-hybridized carbons (Fsp3) is 0.423. The van der Waals surface area contributed by atoms with Gasteiger partial charge in [0.25, 0.3) is 5.89 Å². The van der Waals surface area contributed by atoms with Crippen molar-refractivity contribution in [2.75, 3.05) is 0 Å². The summed E-state index contributed by atoms with van der Waals surface area (Å²) in [5.41, 5.74) is 8.52. The first kappa shape index (κ1) is 22.2. The van der Waals surface area contributed by atoms with Crippen molar-refractivity contribution in [3.05, 3.63) is 66.1 Å². The predicted molar refractivity (Wildman–Crippen MR) is 124 cm³/mol. The fourth-order valence-electron chi connectivity index (χ4n) is 4.52. The van der Waals surface area contributed by atoms with E-state index < -0.39 is 12.1 Å². The number of nitrogens with zero attached hydrogens (tertiary/aromatic N) is 1. The number of aryl methyl sites for hydroxylation is 1. The molecule has 168 valence electrons. The number of benzene rings is 2. The molecule has 1 aliphatic carbocycles. The van der Waals surface area contributed by atoms with Crippen molar-refractivity contribution >= 4 is 22.8 Å². The fourth-order valence-corrected chi connectivity index (χ4v) is 4.52. The topological polar surface area (TPSA) is 98.2 Å². The molecular weight excluding hydrogens is 402 g/mol. The van der Waals surface area contributed by atoms with Gasteiger partial charge in [-0.15, -0.1) is 0 Å². The van der Waals surface area contributed by atoms with E-state index in [1.54, 1.807) is 12.1 Å². The Bertz CT molecular complexity index is 1010. The molecule has 1 saturated carbocycles. The lowest BCUT2D eigenvalue weighted by molar-refractivity contribution is -0.123. The summed E-state index contributed by atoms with van der Waals surface area (Å²) in [4.78, 5) is 30.5. The van der Waals surface area contributed by atoms with Crippen LogP contribution in [0.2, 0.25) is 0 Å². The molecule has 2 aromatic carbocycles. The highest BCUT2D eigenvalue weighted by Crippen LogP contribution is 2.27. The third kappa shape index (κ3) is 5.62. The van der Waals surface area contributed by atoms with Gasteiger partial charge in [0.2, 0.25) is 11.7 Å². The van der Waals surface area contributed by atoms with Crippen LogP contribution in [0.3, 0.4) is 0 Å². The van der Waals surface area contributed by atoms with E-state index in [0.29, 0.717) is 36.3 Å². The van der Waals surface area contributed by atoms with E-state index in [1.807, 2.05) is 42.5 Å². The zero-order valence-corrected chi connectivity index (χ0v) is 18.3. The summed E-state index contributed by atoms with van der Waals surface area (Å²) in [6.45, 7) is 0. The van der Waals surface area contributed by atoms with Gasteiger partial charge >= 0.3 is 0 Å². The average molecular weight is 434 g/mol. The molecule has 0 aliphatic heterocycles. The van der Waals surface area contributed by atoms with Crippen LogP contribution in [0, 0.1) is 5.92 Å². The number of amides is 1. The Hall–Kier alpha value is -2.99. The third-order valence-electron chi connectivity index (χ3n) is 6.35. The molecule has 4 rings (SSSR count). The molecule has 1 heterocycles. The van der Waals surface area contributed by atoms with Crippen molar-refractivity contribution in [2.24, 2.45) is 11.7 Å². The molecule has 0 spiro atoms. The van der Waals surface area contributed by atoms with Crippen molar-refractivity contribution in [1.29, 1.82) is 0 Å². The number of carbonyl (C=O) groups excluding carboxylic acids is 2. The van der Waals surface area contributed by atoms with Gasteiger partial charge in [-0.1, -0.05) is 74.6 Å². The minimum absolute atomic E-state index is 0.0189. The normalized spacial score (nSPS) is 16.5. The summed E-state index contributed by atoms with van der Waals surface area (Å²) >= 11 is 0. The van der Waals surface area contributed by atoms with Gasteiger partial charge in [0.15, 0.2) is 5.58 Å². The zero-order valence-electron chi connectivity index (χ0n) is 18.3. The molecule has 2 unspecified atom stereocenters. The molecule has 6 nitrogen and oxygen atoms in total. The molecule has 1 fully saturated rings. The molecule has 0 bridgehead atoms. The Balaban J connectivity index is 1.47. The highest BCUT2D eigenvalue weighted by molar-refractivity contribution is 6.00. The highest BCUT2D eigenvalue weighted by Gasteiger charge is 2.29. The number of fused-ring (bicyclic) bond motifs is 1. The Labute approximate surface area is 188 Å². The maximum atomic E-state index is 13.3. The average Bonchev–Trinajstić information content (AvgIpc) is 3.27. The van der Waals surface area contributed by atoms with Crippen LogP contribution in [0.1, 0.15) is 61.2 Å². The second-order valence-electron chi connectivity index (χ2n) is 8.78. The Morgan fingerprint density at radius 2 is 1.75 bits per heavy atom. The first-order valence-corrected chi connectivity index (χ1v) is 11.6. The maximum absolute atomic E-state index is 13.3. The Morgan fingerprint density at radius 1 is 1.03 bits per heavy atom. The summed E-state index contributed by atoms with van der Waals surface area (Å²) in [7, 11) is 0. The van der Waals surface area contributed by atoms with Gasteiger partial charge in [-0.3, -0.25) is 9.59 Å². The smallest absolute Gasteiger partial charge is 0.266 e. The van der Waals surface area contributed by atoms with Crippen molar-refractivity contribution in [3.63, 3.8) is 0 Å². The number of hydrogen-bond donors (Lipinski definition) is 2. The number of rotatable bonds is 9. The van der Waals surface area contributed by atoms with Crippen LogP contribution in [-0.2, 0) is 11.2 Å². The van der Waals surface area contributed by atoms with E-state index >= 15 is 0 Å². The number of nitrogens with one attached hydrogen (secondary N) is 1. The van der Waals surface area contributed by atoms with Crippen LogP contribution >= 0.6 is 0 Å². The first-order chi connectivity index (χ1) is 15.6. The van der Waals surface area contributed by atoms with Gasteiger partial charge in [-0.25, -0.2) is 4.98 Å². The van der Waals surface area contributed by atoms with Crippen LogP contribution in [0.15, 0.2) is 59.0 Å². The van der Waals surface area contributed by atoms with Gasteiger partial charge in [-0.2, -0.15) is 0 Å². The lowest BCUT2D eigenvalue weighted by atomic mass is 9.85. The van der Waals surface area contributed by atoms with E-state index in [9.17, 15) is 9.59 Å². The van der Waals surface area contributed by atoms with E-state index in [1.165, 1.54) is 19.3 Å². The summed E-state index contributed by atoms with van der Waals surface area (Å²) in [5, 5.41) is 2.91. The van der Waals surface area contributed by atoms with Crippen molar-refractivity contribution in [2.45, 2.75) is 63.5 Å². The standard InChI is InChI=1S/C26H31N3O3/c27-20(17-19-11-5-2-6-12-19)25(31)28-22(16-15-18-9-3-1-4-10-18)24(30)26-29-21-13-7-8-14-23(21)32-26/h1,3-4,7-10,13-14,19-20,22H,2,5-6,11-12,15-17,27H2,(H,28,31). The van der Waals surface area contributed by atoms with Crippen LogP contribution < -0.4 is 11.1 Å². The van der Waals surface area contributed by atoms with Crippen molar-refractivity contribution < 1.29 is 14.0 Å². The molecule has 0 radical (unpaired) electrons. The molecule has 2 atom stereocenters. The number of aromatic nitrogens is 1. The molecule has 0 saturated heterocycles. The number of carbonyl (C=O) groups is 2. The lowest BCUT2D eigenvalue weighted by Crippen LogP contribution is -2.49. The molecule has 1 aromatic heterocycles. The molecule has 1 aliphatic rings. The van der Waals surface area contributed by atoms with Gasteiger partial charge in [0.1, 0.15) is 5.52 Å². The van der Waals surface area contributed by atoms with E-state index in [4.69, 9.17) is 10.2 Å². The van der Waals surface area contributed by atoms with Gasteiger partial charge in [-0.05, 0) is 42.9 Å². The predicted octanol–water partition coefficient (Wildman–Crippen LogP) is 4.43. The summed E-state index contributed by atoms with van der Waals surface area (Å²) in [6, 6.07) is 15.8. The summed E-state index contributed by atoms with van der Waals surface area (Å²) in [5.74, 6) is -0.0983. The van der Waals surface area contributed by atoms with Crippen LogP contribution in [0.5, 0.6) is 0 Å². The van der Waals surface area contributed by atoms with E-state index in [-0.39, 0.29) is 17.6 Å². The molecular formula is C26H31N3O3. The molecule has 3 N–H and O–H groups in total. The number of oxazole rings is 1. The minimum atomic E-state index is -0.742. The Kier molecular flexibility index (Phi) is 7.32. The van der Waals surface area contributed by atoms with E-state index in [0.717, 1.165) is 18.4 Å². The molecule has 3 aromatic rings. The summed E-state index contributed by atoms with van der Waals surface area (Å²) in [6.07, 6.45) is 7.68.